The first-order chi connectivity index (χ1) is 12.7. The summed E-state index contributed by atoms with van der Waals surface area (Å²) >= 11 is 0. The number of rotatable bonds is 8. The molecular weight excluding hydrogens is 316 g/mol. The van der Waals surface area contributed by atoms with Crippen molar-refractivity contribution >= 4 is 0 Å². The van der Waals surface area contributed by atoms with E-state index < -0.39 is 0 Å². The van der Waals surface area contributed by atoms with Crippen LogP contribution in [0.3, 0.4) is 0 Å². The summed E-state index contributed by atoms with van der Waals surface area (Å²) in [6, 6.07) is 7.80. The average molecular weight is 357 g/mol. The molecular formula is C25H40O. The molecule has 1 nitrogen and oxygen atoms in total. The van der Waals surface area contributed by atoms with Gasteiger partial charge in [-0.15, -0.1) is 0 Å². The first-order valence-corrected chi connectivity index (χ1v) is 11.5. The molecule has 26 heavy (non-hydrogen) atoms. The molecule has 0 radical (unpaired) electrons. The zero-order valence-corrected chi connectivity index (χ0v) is 17.0. The lowest BCUT2D eigenvalue weighted by atomic mass is 9.74. The second-order valence-corrected chi connectivity index (χ2v) is 9.34. The third kappa shape index (κ3) is 6.32. The van der Waals surface area contributed by atoms with Crippen LogP contribution in [0.2, 0.25) is 0 Å². The van der Waals surface area contributed by atoms with E-state index in [1.54, 1.807) is 0 Å². The maximum Gasteiger partial charge on any atom is 0.115 e. The molecule has 1 aromatic carbocycles. The van der Waals surface area contributed by atoms with E-state index >= 15 is 0 Å². The molecule has 2 fully saturated rings. The molecule has 0 saturated heterocycles. The Balaban J connectivity index is 1.27. The van der Waals surface area contributed by atoms with Crippen LogP contribution >= 0.6 is 0 Å². The third-order valence-corrected chi connectivity index (χ3v) is 7.39. The summed E-state index contributed by atoms with van der Waals surface area (Å²) in [5.74, 6) is 4.45. The summed E-state index contributed by atoms with van der Waals surface area (Å²) in [5.41, 5.74) is 1.38. The molecule has 1 aromatic rings. The van der Waals surface area contributed by atoms with Gasteiger partial charge in [-0.1, -0.05) is 96.1 Å². The molecule has 0 bridgehead atoms. The highest BCUT2D eigenvalue weighted by molar-refractivity contribution is 5.25. The predicted octanol–water partition coefficient (Wildman–Crippen LogP) is 7.52. The minimum Gasteiger partial charge on any atom is -0.508 e. The Morgan fingerprint density at radius 1 is 0.654 bits per heavy atom. The van der Waals surface area contributed by atoms with Gasteiger partial charge in [-0.05, 0) is 54.2 Å². The van der Waals surface area contributed by atoms with Gasteiger partial charge in [-0.25, -0.2) is 0 Å². The number of hydrogen-bond acceptors (Lipinski definition) is 1. The second-order valence-electron chi connectivity index (χ2n) is 9.34. The molecule has 0 spiro atoms. The summed E-state index contributed by atoms with van der Waals surface area (Å²) in [6.07, 6.45) is 20.3. The summed E-state index contributed by atoms with van der Waals surface area (Å²) in [7, 11) is 0. The van der Waals surface area contributed by atoms with Crippen LogP contribution in [0.4, 0.5) is 0 Å². The highest BCUT2D eigenvalue weighted by Gasteiger charge is 2.24. The summed E-state index contributed by atoms with van der Waals surface area (Å²) < 4.78 is 0. The maximum absolute atomic E-state index is 9.38. The van der Waals surface area contributed by atoms with Crippen molar-refractivity contribution in [3.63, 3.8) is 0 Å². The fourth-order valence-electron chi connectivity index (χ4n) is 5.53. The maximum atomic E-state index is 9.38. The first-order valence-electron chi connectivity index (χ1n) is 11.5. The van der Waals surface area contributed by atoms with Crippen molar-refractivity contribution in [3.05, 3.63) is 29.8 Å². The number of benzene rings is 1. The molecule has 0 atom stereocenters. The quantitative estimate of drug-likeness (QED) is 0.510. The standard InChI is InChI=1S/C25H40O/c1-2-3-20-4-6-21(7-5-20)8-9-22-10-12-23(13-11-22)14-15-24-16-18-25(26)19-17-24/h16-23,26H,2-15H2,1H3. The first kappa shape index (κ1) is 19.8. The van der Waals surface area contributed by atoms with E-state index in [0.717, 1.165) is 23.7 Å². The van der Waals surface area contributed by atoms with Crippen LogP contribution in [0.25, 0.3) is 0 Å². The molecule has 1 heteroatoms. The minimum atomic E-state index is 0.383. The van der Waals surface area contributed by atoms with E-state index in [9.17, 15) is 5.11 Å². The fourth-order valence-corrected chi connectivity index (χ4v) is 5.53. The monoisotopic (exact) mass is 356 g/mol. The van der Waals surface area contributed by atoms with Gasteiger partial charge in [0.25, 0.3) is 0 Å². The Kier molecular flexibility index (Phi) is 7.89. The molecule has 0 amide bonds. The molecule has 0 aliphatic heterocycles. The van der Waals surface area contributed by atoms with Crippen LogP contribution in [0, 0.1) is 23.7 Å². The average Bonchev–Trinajstić information content (AvgIpc) is 2.68. The fraction of sp³-hybridized carbons (Fsp3) is 0.760. The number of phenolic OH excluding ortho intramolecular Hbond substituents is 1. The van der Waals surface area contributed by atoms with E-state index in [2.05, 4.69) is 19.1 Å². The van der Waals surface area contributed by atoms with Crippen molar-refractivity contribution in [1.82, 2.24) is 0 Å². The molecule has 2 saturated carbocycles. The largest absolute Gasteiger partial charge is 0.508 e. The van der Waals surface area contributed by atoms with Crippen LogP contribution in [-0.2, 0) is 6.42 Å². The summed E-state index contributed by atoms with van der Waals surface area (Å²) in [5, 5.41) is 9.38. The van der Waals surface area contributed by atoms with Gasteiger partial charge in [0.1, 0.15) is 5.75 Å². The molecule has 0 unspecified atom stereocenters. The second kappa shape index (κ2) is 10.4. The van der Waals surface area contributed by atoms with Gasteiger partial charge in [-0.2, -0.15) is 0 Å². The van der Waals surface area contributed by atoms with Crippen LogP contribution in [0.15, 0.2) is 24.3 Å². The van der Waals surface area contributed by atoms with Crippen molar-refractivity contribution in [3.8, 4) is 5.75 Å². The number of aryl methyl sites for hydroxylation is 1. The Labute approximate surface area is 161 Å². The van der Waals surface area contributed by atoms with Crippen molar-refractivity contribution in [2.45, 2.75) is 96.8 Å². The Hall–Kier alpha value is -0.980. The lowest BCUT2D eigenvalue weighted by molar-refractivity contribution is 0.209. The van der Waals surface area contributed by atoms with Crippen LogP contribution in [0.1, 0.15) is 96.0 Å². The summed E-state index contributed by atoms with van der Waals surface area (Å²) in [6.45, 7) is 2.34. The van der Waals surface area contributed by atoms with Crippen LogP contribution < -0.4 is 0 Å². The Morgan fingerprint density at radius 2 is 1.08 bits per heavy atom. The molecule has 1 N–H and O–H groups in total. The Bertz CT molecular complexity index is 489. The number of phenols is 1. The zero-order chi connectivity index (χ0) is 18.2. The van der Waals surface area contributed by atoms with Gasteiger partial charge in [0.05, 0.1) is 0 Å². The van der Waals surface area contributed by atoms with Gasteiger partial charge in [-0.3, -0.25) is 0 Å². The normalized spacial score (nSPS) is 29.6. The zero-order valence-electron chi connectivity index (χ0n) is 17.0. The van der Waals surface area contributed by atoms with Crippen molar-refractivity contribution < 1.29 is 5.11 Å². The van der Waals surface area contributed by atoms with Crippen molar-refractivity contribution in [1.29, 1.82) is 0 Å². The van der Waals surface area contributed by atoms with E-state index in [1.807, 2.05) is 12.1 Å². The molecule has 0 heterocycles. The van der Waals surface area contributed by atoms with Gasteiger partial charge >= 0.3 is 0 Å². The topological polar surface area (TPSA) is 20.2 Å². The van der Waals surface area contributed by atoms with Gasteiger partial charge in [0.15, 0.2) is 0 Å². The van der Waals surface area contributed by atoms with E-state index in [4.69, 9.17) is 0 Å². The number of aromatic hydroxyl groups is 1. The van der Waals surface area contributed by atoms with E-state index in [-0.39, 0.29) is 0 Å². The van der Waals surface area contributed by atoms with Gasteiger partial charge < -0.3 is 5.11 Å². The van der Waals surface area contributed by atoms with Crippen LogP contribution in [-0.4, -0.2) is 5.11 Å². The van der Waals surface area contributed by atoms with E-state index in [0.29, 0.717) is 5.75 Å². The highest BCUT2D eigenvalue weighted by Crippen LogP contribution is 2.38. The molecule has 0 aromatic heterocycles. The van der Waals surface area contributed by atoms with Gasteiger partial charge in [0, 0.05) is 0 Å². The van der Waals surface area contributed by atoms with Gasteiger partial charge in [0.2, 0.25) is 0 Å². The SMILES string of the molecule is CCCC1CCC(CCC2CCC(CCc3ccc(O)cc3)CC2)CC1. The molecule has 2 aliphatic rings. The highest BCUT2D eigenvalue weighted by atomic mass is 16.3. The molecule has 146 valence electrons. The minimum absolute atomic E-state index is 0.383. The lowest BCUT2D eigenvalue weighted by Gasteiger charge is -2.32. The molecule has 2 aliphatic carbocycles. The van der Waals surface area contributed by atoms with Crippen molar-refractivity contribution in [2.24, 2.45) is 23.7 Å². The molecule has 3 rings (SSSR count). The lowest BCUT2D eigenvalue weighted by Crippen LogP contribution is -2.18. The Morgan fingerprint density at radius 3 is 1.54 bits per heavy atom. The third-order valence-electron chi connectivity index (χ3n) is 7.39. The number of hydrogen-bond donors (Lipinski definition) is 1. The van der Waals surface area contributed by atoms with Crippen LogP contribution in [0.5, 0.6) is 5.75 Å². The van der Waals surface area contributed by atoms with Crippen molar-refractivity contribution in [2.75, 3.05) is 0 Å². The predicted molar refractivity (Wildman–Crippen MR) is 111 cm³/mol. The van der Waals surface area contributed by atoms with E-state index in [1.165, 1.54) is 95.5 Å². The smallest absolute Gasteiger partial charge is 0.115 e. The summed E-state index contributed by atoms with van der Waals surface area (Å²) in [4.78, 5) is 0.